The highest BCUT2D eigenvalue weighted by Crippen LogP contribution is 2.19. The summed E-state index contributed by atoms with van der Waals surface area (Å²) in [5.74, 6) is -0.0538. The normalized spacial score (nSPS) is 11.9. The van der Waals surface area contributed by atoms with Gasteiger partial charge >= 0.3 is 0 Å². The van der Waals surface area contributed by atoms with Crippen LogP contribution in [0.4, 0.5) is 5.69 Å². The van der Waals surface area contributed by atoms with E-state index in [9.17, 15) is 4.79 Å². The van der Waals surface area contributed by atoms with Crippen molar-refractivity contribution in [3.63, 3.8) is 0 Å². The number of hydrogen-bond donors (Lipinski definition) is 2. The summed E-state index contributed by atoms with van der Waals surface area (Å²) in [7, 11) is 0. The summed E-state index contributed by atoms with van der Waals surface area (Å²) in [5, 5.41) is 2.98. The molecule has 0 aromatic carbocycles. The number of aromatic nitrogens is 1. The Morgan fingerprint density at radius 1 is 1.50 bits per heavy atom. The van der Waals surface area contributed by atoms with Gasteiger partial charge in [-0.05, 0) is 31.7 Å². The van der Waals surface area contributed by atoms with Crippen molar-refractivity contribution in [2.24, 2.45) is 5.41 Å². The predicted octanol–water partition coefficient (Wildman–Crippen LogP) is 2.82. The number of nitrogens with one attached hydrogen (secondary N) is 1. The number of amides is 1. The molecule has 0 aliphatic rings. The third kappa shape index (κ3) is 3.52. The quantitative estimate of drug-likeness (QED) is 0.845. The highest BCUT2D eigenvalue weighted by molar-refractivity contribution is 5.93. The van der Waals surface area contributed by atoms with Crippen molar-refractivity contribution in [2.75, 3.05) is 12.3 Å². The first-order valence-corrected chi connectivity index (χ1v) is 6.52. The molecule has 0 spiro atoms. The van der Waals surface area contributed by atoms with Gasteiger partial charge in [-0.25, -0.2) is 0 Å². The smallest absolute Gasteiger partial charge is 0.268 e. The predicted molar refractivity (Wildman–Crippen MR) is 75.6 cm³/mol. The Bertz CT molecular complexity index is 419. The SMILES string of the molecule is CCC(C)(C)CNC(=O)c1cc(N)cn1C(C)C. The fourth-order valence-corrected chi connectivity index (χ4v) is 1.64. The van der Waals surface area contributed by atoms with Gasteiger partial charge in [0, 0.05) is 18.8 Å². The summed E-state index contributed by atoms with van der Waals surface area (Å²) in [4.78, 5) is 12.2. The first-order chi connectivity index (χ1) is 8.26. The molecule has 0 saturated carbocycles. The van der Waals surface area contributed by atoms with E-state index in [1.165, 1.54) is 0 Å². The number of nitrogens with two attached hydrogens (primary N) is 1. The molecule has 18 heavy (non-hydrogen) atoms. The number of nitrogen functional groups attached to an aromatic ring is 1. The zero-order valence-corrected chi connectivity index (χ0v) is 12.1. The average molecular weight is 251 g/mol. The Morgan fingerprint density at radius 2 is 2.11 bits per heavy atom. The molecule has 4 nitrogen and oxygen atoms in total. The summed E-state index contributed by atoms with van der Waals surface area (Å²) in [6.07, 6.45) is 2.84. The third-order valence-electron chi connectivity index (χ3n) is 3.34. The minimum atomic E-state index is -0.0538. The fourth-order valence-electron chi connectivity index (χ4n) is 1.64. The van der Waals surface area contributed by atoms with Crippen LogP contribution in [0.15, 0.2) is 12.3 Å². The van der Waals surface area contributed by atoms with E-state index in [0.29, 0.717) is 17.9 Å². The summed E-state index contributed by atoms with van der Waals surface area (Å²) >= 11 is 0. The van der Waals surface area contributed by atoms with Crippen LogP contribution in [0.2, 0.25) is 0 Å². The summed E-state index contributed by atoms with van der Waals surface area (Å²) < 4.78 is 1.91. The standard InChI is InChI=1S/C14H25N3O/c1-6-14(4,5)9-16-13(18)12-7-11(15)8-17(12)10(2)3/h7-8,10H,6,9,15H2,1-5H3,(H,16,18). The van der Waals surface area contributed by atoms with Crippen molar-refractivity contribution in [2.45, 2.75) is 47.1 Å². The van der Waals surface area contributed by atoms with E-state index in [1.54, 1.807) is 6.07 Å². The number of anilines is 1. The minimum absolute atomic E-state index is 0.0538. The van der Waals surface area contributed by atoms with Crippen molar-refractivity contribution in [1.82, 2.24) is 9.88 Å². The molecule has 0 bridgehead atoms. The lowest BCUT2D eigenvalue weighted by Crippen LogP contribution is -2.34. The Hall–Kier alpha value is -1.45. The van der Waals surface area contributed by atoms with Crippen molar-refractivity contribution in [1.29, 1.82) is 0 Å². The summed E-state index contributed by atoms with van der Waals surface area (Å²) in [5.41, 5.74) is 7.15. The molecule has 1 aromatic heterocycles. The zero-order valence-electron chi connectivity index (χ0n) is 12.1. The summed E-state index contributed by atoms with van der Waals surface area (Å²) in [6, 6.07) is 1.95. The second-order valence-corrected chi connectivity index (χ2v) is 5.86. The maximum absolute atomic E-state index is 12.2. The van der Waals surface area contributed by atoms with Crippen LogP contribution in [0.3, 0.4) is 0 Å². The zero-order chi connectivity index (χ0) is 13.9. The molecular formula is C14H25N3O. The van der Waals surface area contributed by atoms with Crippen LogP contribution in [-0.2, 0) is 0 Å². The number of carbonyl (C=O) groups excluding carboxylic acids is 1. The molecule has 1 aromatic rings. The molecule has 0 saturated heterocycles. The summed E-state index contributed by atoms with van der Waals surface area (Å²) in [6.45, 7) is 11.1. The van der Waals surface area contributed by atoms with Gasteiger partial charge in [0.15, 0.2) is 0 Å². The molecule has 0 radical (unpaired) electrons. The van der Waals surface area contributed by atoms with E-state index < -0.39 is 0 Å². The molecule has 1 rings (SSSR count). The van der Waals surface area contributed by atoms with E-state index in [-0.39, 0.29) is 17.4 Å². The molecule has 1 heterocycles. The van der Waals surface area contributed by atoms with Crippen molar-refractivity contribution in [3.8, 4) is 0 Å². The van der Waals surface area contributed by atoms with Crippen LogP contribution >= 0.6 is 0 Å². The number of hydrogen-bond acceptors (Lipinski definition) is 2. The fraction of sp³-hybridized carbons (Fsp3) is 0.643. The van der Waals surface area contributed by atoms with Crippen LogP contribution in [0.5, 0.6) is 0 Å². The van der Waals surface area contributed by atoms with Crippen molar-refractivity contribution < 1.29 is 4.79 Å². The van der Waals surface area contributed by atoms with Gasteiger partial charge in [-0.15, -0.1) is 0 Å². The molecule has 0 atom stereocenters. The number of carbonyl (C=O) groups is 1. The van der Waals surface area contributed by atoms with Crippen LogP contribution in [0.25, 0.3) is 0 Å². The van der Waals surface area contributed by atoms with Crippen LogP contribution in [0.1, 0.15) is 57.6 Å². The Labute approximate surface area is 110 Å². The van der Waals surface area contributed by atoms with Gasteiger partial charge in [0.05, 0.1) is 5.69 Å². The highest BCUT2D eigenvalue weighted by Gasteiger charge is 2.19. The molecule has 1 amide bonds. The lowest BCUT2D eigenvalue weighted by Gasteiger charge is -2.23. The van der Waals surface area contributed by atoms with Gasteiger partial charge in [-0.2, -0.15) is 0 Å². The minimum Gasteiger partial charge on any atom is -0.397 e. The second-order valence-electron chi connectivity index (χ2n) is 5.86. The van der Waals surface area contributed by atoms with Gasteiger partial charge < -0.3 is 15.6 Å². The molecule has 4 heteroatoms. The molecule has 0 aliphatic heterocycles. The van der Waals surface area contributed by atoms with Gasteiger partial charge in [-0.3, -0.25) is 4.79 Å². The Morgan fingerprint density at radius 3 is 2.61 bits per heavy atom. The third-order valence-corrected chi connectivity index (χ3v) is 3.34. The first kappa shape index (κ1) is 14.6. The monoisotopic (exact) mass is 251 g/mol. The van der Waals surface area contributed by atoms with Crippen LogP contribution < -0.4 is 11.1 Å². The highest BCUT2D eigenvalue weighted by atomic mass is 16.1. The van der Waals surface area contributed by atoms with Crippen LogP contribution in [0, 0.1) is 5.41 Å². The van der Waals surface area contributed by atoms with Crippen molar-refractivity contribution in [3.05, 3.63) is 18.0 Å². The Balaban J connectivity index is 2.79. The van der Waals surface area contributed by atoms with Crippen molar-refractivity contribution >= 4 is 11.6 Å². The number of nitrogens with zero attached hydrogens (tertiary/aromatic N) is 1. The van der Waals surface area contributed by atoms with E-state index in [0.717, 1.165) is 6.42 Å². The molecule has 0 fully saturated rings. The molecule has 0 unspecified atom stereocenters. The van der Waals surface area contributed by atoms with Gasteiger partial charge in [0.2, 0.25) is 0 Å². The first-order valence-electron chi connectivity index (χ1n) is 6.52. The van der Waals surface area contributed by atoms with Gasteiger partial charge in [-0.1, -0.05) is 20.8 Å². The maximum atomic E-state index is 12.2. The topological polar surface area (TPSA) is 60.1 Å². The van der Waals surface area contributed by atoms with Gasteiger partial charge in [0.25, 0.3) is 5.91 Å². The van der Waals surface area contributed by atoms with E-state index in [2.05, 4.69) is 26.1 Å². The van der Waals surface area contributed by atoms with Crippen LogP contribution in [-0.4, -0.2) is 17.0 Å². The van der Waals surface area contributed by atoms with Gasteiger partial charge in [0.1, 0.15) is 5.69 Å². The molecule has 102 valence electrons. The Kier molecular flexibility index (Phi) is 4.43. The van der Waals surface area contributed by atoms with E-state index in [1.807, 2.05) is 24.6 Å². The lowest BCUT2D eigenvalue weighted by molar-refractivity contribution is 0.0925. The lowest BCUT2D eigenvalue weighted by atomic mass is 9.90. The average Bonchev–Trinajstić information content (AvgIpc) is 2.68. The number of rotatable bonds is 5. The second kappa shape index (κ2) is 5.46. The van der Waals surface area contributed by atoms with E-state index >= 15 is 0 Å². The maximum Gasteiger partial charge on any atom is 0.268 e. The molecule has 3 N–H and O–H groups in total. The molecule has 0 aliphatic carbocycles. The van der Waals surface area contributed by atoms with E-state index in [4.69, 9.17) is 5.73 Å². The largest absolute Gasteiger partial charge is 0.397 e. The molecular weight excluding hydrogens is 226 g/mol.